The molecule has 0 aliphatic rings. The summed E-state index contributed by atoms with van der Waals surface area (Å²) >= 11 is 0. The van der Waals surface area contributed by atoms with Gasteiger partial charge < -0.3 is 5.11 Å². The Bertz CT molecular complexity index is 252. The first kappa shape index (κ1) is 16.2. The monoisotopic (exact) mass is 240 g/mol. The molecule has 2 nitrogen and oxygen atoms in total. The molecule has 0 unspecified atom stereocenters. The molecule has 0 spiro atoms. The smallest absolute Gasteiger partial charge is 0.162 e. The van der Waals surface area contributed by atoms with Crippen LogP contribution in [0.4, 0.5) is 0 Å². The largest absolute Gasteiger partial charge is 0.512 e. The van der Waals surface area contributed by atoms with Crippen LogP contribution in [0.25, 0.3) is 0 Å². The molecule has 0 aromatic carbocycles. The number of aliphatic hydroxyl groups excluding tert-OH is 1. The first-order chi connectivity index (χ1) is 7.84. The Balaban J connectivity index is 4.85. The van der Waals surface area contributed by atoms with E-state index < -0.39 is 0 Å². The average molecular weight is 240 g/mol. The highest BCUT2D eigenvalue weighted by Crippen LogP contribution is 2.24. The van der Waals surface area contributed by atoms with Gasteiger partial charge in [-0.3, -0.25) is 4.79 Å². The van der Waals surface area contributed by atoms with E-state index in [1.807, 2.05) is 13.8 Å². The summed E-state index contributed by atoms with van der Waals surface area (Å²) in [6.07, 6.45) is 3.21. The average Bonchev–Trinajstić information content (AvgIpc) is 2.17. The molecule has 100 valence electrons. The summed E-state index contributed by atoms with van der Waals surface area (Å²) in [5.41, 5.74) is 0. The molecule has 17 heavy (non-hydrogen) atoms. The molecule has 0 radical (unpaired) electrons. The van der Waals surface area contributed by atoms with Crippen LogP contribution in [0.2, 0.25) is 0 Å². The molecule has 0 aromatic rings. The maximum atomic E-state index is 12.1. The summed E-state index contributed by atoms with van der Waals surface area (Å²) < 4.78 is 0. The Hall–Kier alpha value is -0.790. The lowest BCUT2D eigenvalue weighted by Crippen LogP contribution is -2.24. The number of hydrogen-bond donors (Lipinski definition) is 1. The molecule has 0 heterocycles. The van der Waals surface area contributed by atoms with Crippen LogP contribution in [0.1, 0.15) is 54.4 Å². The van der Waals surface area contributed by atoms with Gasteiger partial charge >= 0.3 is 0 Å². The number of aliphatic hydroxyl groups is 1. The Kier molecular flexibility index (Phi) is 7.17. The molecular formula is C15H28O2. The SMILES string of the molecule is CCC(CC)C(O)=CC(=O)C(C(C)C)C(C)C. The van der Waals surface area contributed by atoms with E-state index in [2.05, 4.69) is 27.7 Å². The number of allylic oxidation sites excluding steroid dienone is 2. The summed E-state index contributed by atoms with van der Waals surface area (Å²) in [6, 6.07) is 0. The van der Waals surface area contributed by atoms with Crippen molar-refractivity contribution in [3.63, 3.8) is 0 Å². The summed E-state index contributed by atoms with van der Waals surface area (Å²) in [5.74, 6) is 1.08. The molecule has 2 heteroatoms. The molecule has 0 atom stereocenters. The Labute approximate surface area is 106 Å². The van der Waals surface area contributed by atoms with Crippen molar-refractivity contribution in [1.82, 2.24) is 0 Å². The van der Waals surface area contributed by atoms with E-state index in [9.17, 15) is 9.90 Å². The molecule has 0 aliphatic carbocycles. The van der Waals surface area contributed by atoms with Crippen molar-refractivity contribution < 1.29 is 9.90 Å². The molecule has 0 fully saturated rings. The van der Waals surface area contributed by atoms with E-state index in [0.717, 1.165) is 12.8 Å². The highest BCUT2D eigenvalue weighted by molar-refractivity contribution is 5.92. The van der Waals surface area contributed by atoms with Crippen LogP contribution in [0.15, 0.2) is 11.8 Å². The van der Waals surface area contributed by atoms with Crippen LogP contribution < -0.4 is 0 Å². The normalized spacial score (nSPS) is 13.2. The summed E-state index contributed by atoms with van der Waals surface area (Å²) in [4.78, 5) is 12.1. The first-order valence-corrected chi connectivity index (χ1v) is 6.79. The fourth-order valence-corrected chi connectivity index (χ4v) is 2.49. The quantitative estimate of drug-likeness (QED) is 0.530. The molecule has 0 rings (SSSR count). The highest BCUT2D eigenvalue weighted by atomic mass is 16.3. The van der Waals surface area contributed by atoms with Crippen LogP contribution in [0.5, 0.6) is 0 Å². The van der Waals surface area contributed by atoms with E-state index in [0.29, 0.717) is 11.8 Å². The third-order valence-electron chi connectivity index (χ3n) is 3.46. The Morgan fingerprint density at radius 2 is 1.47 bits per heavy atom. The van der Waals surface area contributed by atoms with Gasteiger partial charge in [0, 0.05) is 17.9 Å². The summed E-state index contributed by atoms with van der Waals surface area (Å²) in [5, 5.41) is 9.93. The van der Waals surface area contributed by atoms with Gasteiger partial charge in [-0.25, -0.2) is 0 Å². The molecular weight excluding hydrogens is 212 g/mol. The number of rotatable bonds is 7. The van der Waals surface area contributed by atoms with Crippen molar-refractivity contribution in [3.05, 3.63) is 11.8 Å². The molecule has 0 saturated carbocycles. The predicted molar refractivity (Wildman–Crippen MR) is 73.0 cm³/mol. The summed E-state index contributed by atoms with van der Waals surface area (Å²) in [6.45, 7) is 12.3. The second-order valence-electron chi connectivity index (χ2n) is 5.50. The second-order valence-corrected chi connectivity index (χ2v) is 5.50. The van der Waals surface area contributed by atoms with Gasteiger partial charge in [-0.2, -0.15) is 0 Å². The molecule has 0 bridgehead atoms. The highest BCUT2D eigenvalue weighted by Gasteiger charge is 2.25. The number of ketones is 1. The molecule has 0 aromatic heterocycles. The van der Waals surface area contributed by atoms with Gasteiger partial charge in [-0.15, -0.1) is 0 Å². The van der Waals surface area contributed by atoms with Gasteiger partial charge in [0.25, 0.3) is 0 Å². The lowest BCUT2D eigenvalue weighted by molar-refractivity contribution is -0.121. The number of carbonyl (C=O) groups is 1. The van der Waals surface area contributed by atoms with E-state index in [4.69, 9.17) is 0 Å². The maximum absolute atomic E-state index is 12.1. The van der Waals surface area contributed by atoms with Crippen LogP contribution >= 0.6 is 0 Å². The van der Waals surface area contributed by atoms with Crippen molar-refractivity contribution in [1.29, 1.82) is 0 Å². The van der Waals surface area contributed by atoms with Gasteiger partial charge in [0.2, 0.25) is 0 Å². The van der Waals surface area contributed by atoms with Crippen LogP contribution in [-0.4, -0.2) is 10.9 Å². The Morgan fingerprint density at radius 1 is 1.06 bits per heavy atom. The fourth-order valence-electron chi connectivity index (χ4n) is 2.49. The topological polar surface area (TPSA) is 37.3 Å². The standard InChI is InChI=1S/C15H28O2/c1-7-12(8-2)13(16)9-14(17)15(10(3)4)11(5)6/h9-12,15-16H,7-8H2,1-6H3. The van der Waals surface area contributed by atoms with Gasteiger partial charge in [-0.05, 0) is 24.7 Å². The van der Waals surface area contributed by atoms with Gasteiger partial charge in [0.15, 0.2) is 5.78 Å². The van der Waals surface area contributed by atoms with Gasteiger partial charge in [-0.1, -0.05) is 41.5 Å². The minimum Gasteiger partial charge on any atom is -0.512 e. The lowest BCUT2D eigenvalue weighted by atomic mass is 9.81. The van der Waals surface area contributed by atoms with Crippen molar-refractivity contribution >= 4 is 5.78 Å². The molecule has 1 N–H and O–H groups in total. The predicted octanol–water partition coefficient (Wildman–Crippen LogP) is 4.36. The van der Waals surface area contributed by atoms with E-state index in [-0.39, 0.29) is 23.4 Å². The molecule has 0 saturated heterocycles. The lowest BCUT2D eigenvalue weighted by Gasteiger charge is -2.22. The van der Waals surface area contributed by atoms with Gasteiger partial charge in [0.1, 0.15) is 0 Å². The second kappa shape index (κ2) is 7.52. The van der Waals surface area contributed by atoms with E-state index in [1.165, 1.54) is 6.08 Å². The van der Waals surface area contributed by atoms with Crippen LogP contribution in [-0.2, 0) is 4.79 Å². The molecule has 0 amide bonds. The van der Waals surface area contributed by atoms with Crippen LogP contribution in [0, 0.1) is 23.7 Å². The fraction of sp³-hybridized carbons (Fsp3) is 0.800. The van der Waals surface area contributed by atoms with Crippen molar-refractivity contribution in [2.24, 2.45) is 23.7 Å². The minimum absolute atomic E-state index is 0.00603. The molecule has 0 aliphatic heterocycles. The van der Waals surface area contributed by atoms with Crippen molar-refractivity contribution in [2.45, 2.75) is 54.4 Å². The van der Waals surface area contributed by atoms with Gasteiger partial charge in [0.05, 0.1) is 5.76 Å². The van der Waals surface area contributed by atoms with Crippen LogP contribution in [0.3, 0.4) is 0 Å². The third-order valence-corrected chi connectivity index (χ3v) is 3.46. The zero-order valence-corrected chi connectivity index (χ0v) is 12.2. The zero-order valence-electron chi connectivity index (χ0n) is 12.2. The Morgan fingerprint density at radius 3 is 1.76 bits per heavy atom. The number of hydrogen-bond acceptors (Lipinski definition) is 2. The summed E-state index contributed by atoms with van der Waals surface area (Å²) in [7, 11) is 0. The minimum atomic E-state index is 0.00603. The van der Waals surface area contributed by atoms with E-state index >= 15 is 0 Å². The van der Waals surface area contributed by atoms with E-state index in [1.54, 1.807) is 0 Å². The van der Waals surface area contributed by atoms with Crippen molar-refractivity contribution in [3.8, 4) is 0 Å². The third kappa shape index (κ3) is 4.93. The first-order valence-electron chi connectivity index (χ1n) is 6.79. The van der Waals surface area contributed by atoms with Crippen molar-refractivity contribution in [2.75, 3.05) is 0 Å². The maximum Gasteiger partial charge on any atom is 0.162 e. The zero-order chi connectivity index (χ0) is 13.6. The number of carbonyl (C=O) groups excluding carboxylic acids is 1.